The van der Waals surface area contributed by atoms with Crippen molar-refractivity contribution in [3.63, 3.8) is 0 Å². The van der Waals surface area contributed by atoms with Crippen molar-refractivity contribution in [1.29, 1.82) is 0 Å². The fourth-order valence-electron chi connectivity index (χ4n) is 3.34. The van der Waals surface area contributed by atoms with Crippen molar-refractivity contribution in [1.82, 2.24) is 15.0 Å². The molecular formula is C22H27N3S. The average molecular weight is 366 g/mol. The maximum atomic E-state index is 5.12. The topological polar surface area (TPSA) is 38.7 Å². The van der Waals surface area contributed by atoms with E-state index in [2.05, 4.69) is 55.0 Å². The number of thiazole rings is 1. The van der Waals surface area contributed by atoms with E-state index in [1.807, 2.05) is 30.5 Å². The van der Waals surface area contributed by atoms with Gasteiger partial charge in [0, 0.05) is 17.7 Å². The molecule has 0 bridgehead atoms. The lowest BCUT2D eigenvalue weighted by atomic mass is 9.99. The molecule has 26 heavy (non-hydrogen) atoms. The summed E-state index contributed by atoms with van der Waals surface area (Å²) < 4.78 is 0. The summed E-state index contributed by atoms with van der Waals surface area (Å²) in [5.41, 5.74) is 4.46. The fourth-order valence-corrected chi connectivity index (χ4v) is 4.57. The first kappa shape index (κ1) is 18.7. The smallest absolute Gasteiger partial charge is 0.125 e. The maximum Gasteiger partial charge on any atom is 0.125 e. The van der Waals surface area contributed by atoms with Crippen molar-refractivity contribution in [3.8, 4) is 21.8 Å². The first-order chi connectivity index (χ1) is 12.6. The van der Waals surface area contributed by atoms with Crippen molar-refractivity contribution in [3.05, 3.63) is 52.9 Å². The third-order valence-corrected chi connectivity index (χ3v) is 5.81. The molecule has 2 heterocycles. The lowest BCUT2D eigenvalue weighted by Gasteiger charge is -2.11. The molecule has 0 radical (unpaired) electrons. The zero-order valence-electron chi connectivity index (χ0n) is 16.1. The van der Waals surface area contributed by atoms with E-state index < -0.39 is 0 Å². The molecule has 0 atom stereocenters. The van der Waals surface area contributed by atoms with Crippen molar-refractivity contribution in [2.75, 3.05) is 0 Å². The first-order valence-electron chi connectivity index (χ1n) is 9.50. The molecule has 0 amide bonds. The number of nitrogens with zero attached hydrogens (tertiary/aromatic N) is 3. The van der Waals surface area contributed by atoms with Gasteiger partial charge in [0.1, 0.15) is 5.82 Å². The molecule has 4 heteroatoms. The van der Waals surface area contributed by atoms with Crippen LogP contribution in [0.5, 0.6) is 0 Å². The van der Waals surface area contributed by atoms with Gasteiger partial charge in [-0.15, -0.1) is 11.3 Å². The van der Waals surface area contributed by atoms with Gasteiger partial charge in [-0.25, -0.2) is 15.0 Å². The van der Waals surface area contributed by atoms with Crippen molar-refractivity contribution in [2.45, 2.75) is 59.3 Å². The summed E-state index contributed by atoms with van der Waals surface area (Å²) in [6.07, 6.45) is 6.60. The fraction of sp³-hybridized carbons (Fsp3) is 0.409. The van der Waals surface area contributed by atoms with E-state index in [1.54, 1.807) is 0 Å². The van der Waals surface area contributed by atoms with Crippen LogP contribution in [0, 0.1) is 13.8 Å². The highest BCUT2D eigenvalue weighted by atomic mass is 32.1. The number of hydrogen-bond donors (Lipinski definition) is 0. The monoisotopic (exact) mass is 365 g/mol. The van der Waals surface area contributed by atoms with Gasteiger partial charge in [-0.1, -0.05) is 50.5 Å². The van der Waals surface area contributed by atoms with E-state index in [1.165, 1.54) is 41.8 Å². The minimum absolute atomic E-state index is 0.537. The van der Waals surface area contributed by atoms with Gasteiger partial charge in [0.25, 0.3) is 0 Å². The quantitative estimate of drug-likeness (QED) is 0.475. The zero-order chi connectivity index (χ0) is 18.5. The largest absolute Gasteiger partial charge is 0.242 e. The second-order valence-electron chi connectivity index (χ2n) is 6.86. The average Bonchev–Trinajstić information content (AvgIpc) is 3.07. The molecule has 0 aliphatic heterocycles. The highest BCUT2D eigenvalue weighted by Gasteiger charge is 2.21. The second-order valence-corrected chi connectivity index (χ2v) is 7.89. The summed E-state index contributed by atoms with van der Waals surface area (Å²) in [7, 11) is 0. The van der Waals surface area contributed by atoms with Crippen molar-refractivity contribution in [2.24, 2.45) is 0 Å². The predicted octanol–water partition coefficient (Wildman–Crippen LogP) is 6.57. The maximum absolute atomic E-state index is 5.12. The lowest BCUT2D eigenvalue weighted by Crippen LogP contribution is -1.97. The Kier molecular flexibility index (Phi) is 6.15. The van der Waals surface area contributed by atoms with Crippen LogP contribution in [0.3, 0.4) is 0 Å². The van der Waals surface area contributed by atoms with Gasteiger partial charge in [-0.2, -0.15) is 0 Å². The van der Waals surface area contributed by atoms with Crippen LogP contribution >= 0.6 is 11.3 Å². The molecule has 0 saturated carbocycles. The Labute approximate surface area is 160 Å². The third kappa shape index (κ3) is 4.18. The van der Waals surface area contributed by atoms with Crippen molar-refractivity contribution < 1.29 is 0 Å². The van der Waals surface area contributed by atoms with Crippen LogP contribution in [0.25, 0.3) is 21.8 Å². The normalized spacial score (nSPS) is 11.3. The summed E-state index contributed by atoms with van der Waals surface area (Å²) in [4.78, 5) is 15.2. The van der Waals surface area contributed by atoms with E-state index >= 15 is 0 Å². The Morgan fingerprint density at radius 1 is 1.00 bits per heavy atom. The molecule has 1 aromatic carbocycles. The number of rotatable bonds is 7. The van der Waals surface area contributed by atoms with Crippen LogP contribution in [0.2, 0.25) is 0 Å². The predicted molar refractivity (Wildman–Crippen MR) is 111 cm³/mol. The van der Waals surface area contributed by atoms with Crippen LogP contribution in [0.1, 0.15) is 61.8 Å². The van der Waals surface area contributed by atoms with Gasteiger partial charge in [0.2, 0.25) is 0 Å². The van der Waals surface area contributed by atoms with Crippen LogP contribution in [-0.2, 0) is 0 Å². The first-order valence-corrected chi connectivity index (χ1v) is 10.3. The molecule has 0 aliphatic carbocycles. The molecule has 0 spiro atoms. The molecule has 0 fully saturated rings. The van der Waals surface area contributed by atoms with Gasteiger partial charge in [0.15, 0.2) is 0 Å². The molecule has 0 unspecified atom stereocenters. The summed E-state index contributed by atoms with van der Waals surface area (Å²) in [5.74, 6) is 1.33. The Balaban J connectivity index is 2.14. The van der Waals surface area contributed by atoms with E-state index in [0.29, 0.717) is 5.92 Å². The van der Waals surface area contributed by atoms with Crippen LogP contribution < -0.4 is 0 Å². The molecule has 2 aromatic heterocycles. The second kappa shape index (κ2) is 8.54. The molecule has 0 N–H and O–H groups in total. The van der Waals surface area contributed by atoms with Gasteiger partial charge in [-0.3, -0.25) is 0 Å². The Hall–Kier alpha value is -2.07. The molecule has 0 saturated heterocycles. The molecular weight excluding hydrogens is 338 g/mol. The standard InChI is InChI=1S/C22H27N3S/c1-5-8-17(9-6-2)22-25-20(18-11-7-10-15(3)14-18)21(26-22)19-12-13-23-16(4)24-19/h7,10-14,17H,5-6,8-9H2,1-4H3. The highest BCUT2D eigenvalue weighted by molar-refractivity contribution is 7.15. The van der Waals surface area contributed by atoms with Crippen LogP contribution in [-0.4, -0.2) is 15.0 Å². The lowest BCUT2D eigenvalue weighted by molar-refractivity contribution is 0.558. The van der Waals surface area contributed by atoms with Gasteiger partial charge in [-0.05, 0) is 38.8 Å². The van der Waals surface area contributed by atoms with Crippen LogP contribution in [0.4, 0.5) is 0 Å². The van der Waals surface area contributed by atoms with Gasteiger partial charge >= 0.3 is 0 Å². The Morgan fingerprint density at radius 3 is 2.42 bits per heavy atom. The van der Waals surface area contributed by atoms with Crippen molar-refractivity contribution >= 4 is 11.3 Å². The summed E-state index contributed by atoms with van der Waals surface area (Å²) in [5, 5.41) is 1.25. The highest BCUT2D eigenvalue weighted by Crippen LogP contribution is 2.40. The summed E-state index contributed by atoms with van der Waals surface area (Å²) in [6, 6.07) is 10.6. The number of aromatic nitrogens is 3. The minimum atomic E-state index is 0.537. The van der Waals surface area contributed by atoms with Gasteiger partial charge < -0.3 is 0 Å². The summed E-state index contributed by atoms with van der Waals surface area (Å²) >= 11 is 1.81. The molecule has 3 rings (SSSR count). The third-order valence-electron chi connectivity index (χ3n) is 4.57. The molecule has 3 aromatic rings. The zero-order valence-corrected chi connectivity index (χ0v) is 16.9. The number of benzene rings is 1. The molecule has 0 aliphatic rings. The summed E-state index contributed by atoms with van der Waals surface area (Å²) in [6.45, 7) is 8.58. The van der Waals surface area contributed by atoms with E-state index in [4.69, 9.17) is 4.98 Å². The Morgan fingerprint density at radius 2 is 1.77 bits per heavy atom. The molecule has 136 valence electrons. The number of aryl methyl sites for hydroxylation is 2. The van der Waals surface area contributed by atoms with E-state index in [-0.39, 0.29) is 0 Å². The van der Waals surface area contributed by atoms with E-state index in [0.717, 1.165) is 22.1 Å². The minimum Gasteiger partial charge on any atom is -0.242 e. The van der Waals surface area contributed by atoms with Crippen LogP contribution in [0.15, 0.2) is 36.5 Å². The Bertz CT molecular complexity index is 800. The van der Waals surface area contributed by atoms with Gasteiger partial charge in [0.05, 0.1) is 21.3 Å². The molecule has 3 nitrogen and oxygen atoms in total. The number of hydrogen-bond acceptors (Lipinski definition) is 4. The van der Waals surface area contributed by atoms with E-state index in [9.17, 15) is 0 Å². The SMILES string of the molecule is CCCC(CCC)c1nc(-c2cccc(C)c2)c(-c2ccnc(C)n2)s1.